The van der Waals surface area contributed by atoms with Gasteiger partial charge in [-0.25, -0.2) is 4.79 Å². The Morgan fingerprint density at radius 2 is 2.07 bits per heavy atom. The zero-order valence-electron chi connectivity index (χ0n) is 8.03. The Hall–Kier alpha value is -2.04. The fraction of sp³-hybridized carbons (Fsp3) is 0.200. The first-order valence-electron chi connectivity index (χ1n) is 4.54. The lowest BCUT2D eigenvalue weighted by molar-refractivity contribution is 0.174. The maximum atomic E-state index is 11.2. The molecule has 1 aromatic heterocycles. The van der Waals surface area contributed by atoms with Gasteiger partial charge in [0, 0.05) is 17.1 Å². The molecule has 1 aliphatic rings. The molecule has 0 aliphatic carbocycles. The van der Waals surface area contributed by atoms with Gasteiger partial charge in [-0.05, 0) is 13.0 Å². The van der Waals surface area contributed by atoms with E-state index in [1.165, 1.54) is 0 Å². The van der Waals surface area contributed by atoms with Gasteiger partial charge in [0.1, 0.15) is 0 Å². The first-order valence-corrected chi connectivity index (χ1v) is 4.54. The van der Waals surface area contributed by atoms with Crippen LogP contribution in [-0.2, 0) is 0 Å². The second-order valence-corrected chi connectivity index (χ2v) is 3.39. The Balaban J connectivity index is 2.43. The van der Waals surface area contributed by atoms with Crippen molar-refractivity contribution in [1.29, 1.82) is 0 Å². The van der Waals surface area contributed by atoms with Crippen LogP contribution < -0.4 is 15.2 Å². The average Bonchev–Trinajstić information content (AvgIpc) is 2.61. The molecule has 0 saturated heterocycles. The number of rotatable bonds is 0. The smallest absolute Gasteiger partial charge is 0.345 e. The van der Waals surface area contributed by atoms with Crippen molar-refractivity contribution in [3.63, 3.8) is 0 Å². The number of hydrogen-bond acceptors (Lipinski definition) is 4. The summed E-state index contributed by atoms with van der Waals surface area (Å²) in [4.78, 5) is 17.7. The van der Waals surface area contributed by atoms with Gasteiger partial charge in [0.15, 0.2) is 11.5 Å². The molecule has 1 aromatic carbocycles. The van der Waals surface area contributed by atoms with Gasteiger partial charge in [-0.2, -0.15) is 4.98 Å². The molecule has 0 saturated carbocycles. The van der Waals surface area contributed by atoms with Gasteiger partial charge in [-0.3, -0.25) is 0 Å². The number of H-pyrrole nitrogens is 1. The molecule has 0 radical (unpaired) electrons. The number of nitrogens with zero attached hydrogens (tertiary/aromatic N) is 1. The van der Waals surface area contributed by atoms with E-state index < -0.39 is 0 Å². The molecule has 0 atom stereocenters. The molecule has 0 unspecified atom stereocenters. The molecule has 2 aromatic rings. The highest BCUT2D eigenvalue weighted by atomic mass is 16.7. The van der Waals surface area contributed by atoms with Crippen LogP contribution in [0.3, 0.4) is 0 Å². The summed E-state index contributed by atoms with van der Waals surface area (Å²) in [5, 5.41) is 0.874. The van der Waals surface area contributed by atoms with E-state index in [1.807, 2.05) is 13.0 Å². The van der Waals surface area contributed by atoms with E-state index in [0.29, 0.717) is 17.0 Å². The van der Waals surface area contributed by atoms with Crippen LogP contribution in [0.1, 0.15) is 5.69 Å². The van der Waals surface area contributed by atoms with Crippen LogP contribution in [0.2, 0.25) is 0 Å². The molecular weight excluding hydrogens is 196 g/mol. The van der Waals surface area contributed by atoms with Crippen LogP contribution in [0.15, 0.2) is 16.9 Å². The van der Waals surface area contributed by atoms with Crippen molar-refractivity contribution in [3.8, 4) is 11.5 Å². The van der Waals surface area contributed by atoms with Crippen LogP contribution >= 0.6 is 0 Å². The Bertz CT molecular complexity index is 603. The van der Waals surface area contributed by atoms with Crippen LogP contribution in [0, 0.1) is 6.92 Å². The van der Waals surface area contributed by atoms with Gasteiger partial charge < -0.3 is 14.5 Å². The topological polar surface area (TPSA) is 64.2 Å². The third kappa shape index (κ3) is 1.16. The minimum Gasteiger partial charge on any atom is -0.454 e. The van der Waals surface area contributed by atoms with Crippen LogP contribution in [0.25, 0.3) is 10.9 Å². The zero-order chi connectivity index (χ0) is 10.4. The first kappa shape index (κ1) is 8.28. The highest BCUT2D eigenvalue weighted by Gasteiger charge is 2.15. The summed E-state index contributed by atoms with van der Waals surface area (Å²) in [6.45, 7) is 2.05. The van der Waals surface area contributed by atoms with Gasteiger partial charge in [0.05, 0.1) is 5.52 Å². The lowest BCUT2D eigenvalue weighted by Gasteiger charge is -2.02. The molecule has 0 spiro atoms. The summed E-state index contributed by atoms with van der Waals surface area (Å²) in [5.74, 6) is 1.33. The Morgan fingerprint density at radius 1 is 1.33 bits per heavy atom. The largest absolute Gasteiger partial charge is 0.454 e. The third-order valence-corrected chi connectivity index (χ3v) is 2.41. The van der Waals surface area contributed by atoms with Crippen molar-refractivity contribution in [1.82, 2.24) is 9.97 Å². The Morgan fingerprint density at radius 3 is 2.87 bits per heavy atom. The first-order chi connectivity index (χ1) is 7.24. The highest BCUT2D eigenvalue weighted by molar-refractivity contribution is 5.84. The van der Waals surface area contributed by atoms with Gasteiger partial charge in [0.25, 0.3) is 0 Å². The van der Waals surface area contributed by atoms with Crippen molar-refractivity contribution in [3.05, 3.63) is 28.3 Å². The number of aromatic nitrogens is 2. The van der Waals surface area contributed by atoms with Crippen molar-refractivity contribution in [2.24, 2.45) is 0 Å². The second-order valence-electron chi connectivity index (χ2n) is 3.39. The average molecular weight is 204 g/mol. The summed E-state index contributed by atoms with van der Waals surface area (Å²) < 4.78 is 10.5. The van der Waals surface area contributed by atoms with E-state index in [1.54, 1.807) is 6.07 Å². The minimum absolute atomic E-state index is 0.221. The number of ether oxygens (including phenoxy) is 2. The Labute approximate surface area is 84.7 Å². The van der Waals surface area contributed by atoms with Crippen molar-refractivity contribution >= 4 is 10.9 Å². The SMILES string of the molecule is Cc1[nH]c(=O)nc2cc3c(cc12)OCO3. The lowest BCUT2D eigenvalue weighted by atomic mass is 10.2. The van der Waals surface area contributed by atoms with Crippen molar-refractivity contribution in [2.75, 3.05) is 6.79 Å². The van der Waals surface area contributed by atoms with E-state index >= 15 is 0 Å². The molecule has 0 bridgehead atoms. The fourth-order valence-corrected chi connectivity index (χ4v) is 1.69. The predicted molar refractivity (Wildman–Crippen MR) is 53.2 cm³/mol. The highest BCUT2D eigenvalue weighted by Crippen LogP contribution is 2.35. The van der Waals surface area contributed by atoms with Crippen molar-refractivity contribution < 1.29 is 9.47 Å². The van der Waals surface area contributed by atoms with E-state index in [2.05, 4.69) is 9.97 Å². The van der Waals surface area contributed by atoms with E-state index in [9.17, 15) is 4.79 Å². The Kier molecular flexibility index (Phi) is 1.50. The van der Waals surface area contributed by atoms with E-state index in [4.69, 9.17) is 9.47 Å². The summed E-state index contributed by atoms with van der Waals surface area (Å²) in [6, 6.07) is 3.55. The number of aromatic amines is 1. The van der Waals surface area contributed by atoms with Crippen LogP contribution in [-0.4, -0.2) is 16.8 Å². The standard InChI is InChI=1S/C10H8N2O3/c1-5-6-2-8-9(15-4-14-8)3-7(6)12-10(13)11-5/h2-3H,4H2,1H3,(H,11,12,13). The third-order valence-electron chi connectivity index (χ3n) is 2.41. The summed E-state index contributed by atoms with van der Waals surface area (Å²) in [7, 11) is 0. The summed E-state index contributed by atoms with van der Waals surface area (Å²) in [6.07, 6.45) is 0. The fourth-order valence-electron chi connectivity index (χ4n) is 1.69. The molecular formula is C10H8N2O3. The van der Waals surface area contributed by atoms with E-state index in [-0.39, 0.29) is 12.5 Å². The van der Waals surface area contributed by atoms with Crippen LogP contribution in [0.5, 0.6) is 11.5 Å². The van der Waals surface area contributed by atoms with Crippen molar-refractivity contribution in [2.45, 2.75) is 6.92 Å². The molecule has 5 nitrogen and oxygen atoms in total. The van der Waals surface area contributed by atoms with E-state index in [0.717, 1.165) is 11.1 Å². The number of hydrogen-bond donors (Lipinski definition) is 1. The number of benzene rings is 1. The molecule has 5 heteroatoms. The normalized spacial score (nSPS) is 13.4. The minimum atomic E-state index is -0.348. The monoisotopic (exact) mass is 204 g/mol. The summed E-state index contributed by atoms with van der Waals surface area (Å²) in [5.41, 5.74) is 1.06. The lowest BCUT2D eigenvalue weighted by Crippen LogP contribution is -2.11. The number of fused-ring (bicyclic) bond motifs is 2. The molecule has 76 valence electrons. The molecule has 2 heterocycles. The molecule has 15 heavy (non-hydrogen) atoms. The molecule has 1 aliphatic heterocycles. The van der Waals surface area contributed by atoms with Gasteiger partial charge in [-0.1, -0.05) is 0 Å². The maximum absolute atomic E-state index is 11.2. The van der Waals surface area contributed by atoms with Crippen LogP contribution in [0.4, 0.5) is 0 Å². The molecule has 0 amide bonds. The second kappa shape index (κ2) is 2.73. The molecule has 3 rings (SSSR count). The molecule has 1 N–H and O–H groups in total. The zero-order valence-corrected chi connectivity index (χ0v) is 8.03. The molecule has 0 fully saturated rings. The van der Waals surface area contributed by atoms with Gasteiger partial charge in [-0.15, -0.1) is 0 Å². The van der Waals surface area contributed by atoms with Gasteiger partial charge in [0.2, 0.25) is 6.79 Å². The maximum Gasteiger partial charge on any atom is 0.345 e. The quantitative estimate of drug-likeness (QED) is 0.694. The van der Waals surface area contributed by atoms with Gasteiger partial charge >= 0.3 is 5.69 Å². The predicted octanol–water partition coefficient (Wildman–Crippen LogP) is 0.960. The summed E-state index contributed by atoms with van der Waals surface area (Å²) >= 11 is 0. The number of nitrogens with one attached hydrogen (secondary N) is 1. The number of aryl methyl sites for hydroxylation is 1.